The molecule has 0 bridgehead atoms. The van der Waals surface area contributed by atoms with Crippen LogP contribution in [0, 0.1) is 0 Å². The Bertz CT molecular complexity index is 194. The molecule has 2 N–H and O–H groups in total. The molecule has 1 atom stereocenters. The first-order valence-electron chi connectivity index (χ1n) is 5.90. The van der Waals surface area contributed by atoms with E-state index in [1.165, 1.54) is 32.4 Å². The van der Waals surface area contributed by atoms with Crippen molar-refractivity contribution in [2.45, 2.75) is 32.1 Å². The van der Waals surface area contributed by atoms with Crippen LogP contribution in [-0.2, 0) is 10.8 Å². The third kappa shape index (κ3) is 10.5. The van der Waals surface area contributed by atoms with Crippen molar-refractivity contribution in [1.29, 1.82) is 0 Å². The Kier molecular flexibility index (Phi) is 11.5. The van der Waals surface area contributed by atoms with Crippen LogP contribution in [0.2, 0.25) is 0 Å². The first-order valence-corrected chi connectivity index (χ1v) is 8.10. The summed E-state index contributed by atoms with van der Waals surface area (Å²) in [6.45, 7) is 3.09. The zero-order valence-electron chi connectivity index (χ0n) is 10.2. The van der Waals surface area contributed by atoms with Crippen molar-refractivity contribution in [2.24, 2.45) is 5.73 Å². The molecular weight excluding hydrogens is 240 g/mol. The van der Waals surface area contributed by atoms with Gasteiger partial charge in [0.25, 0.3) is 0 Å². The highest BCUT2D eigenvalue weighted by Crippen LogP contribution is 2.05. The predicted octanol–water partition coefficient (Wildman–Crippen LogP) is 1.53. The summed E-state index contributed by atoms with van der Waals surface area (Å²) < 4.78 is 10.4. The van der Waals surface area contributed by atoms with E-state index in [1.54, 1.807) is 11.7 Å². The van der Waals surface area contributed by atoms with Crippen LogP contribution in [0.4, 0.5) is 0 Å². The maximum absolute atomic E-state index is 10.4. The van der Waals surface area contributed by atoms with Gasteiger partial charge in [0.05, 0.1) is 5.49 Å². The first-order chi connectivity index (χ1) is 7.70. The van der Waals surface area contributed by atoms with Crippen molar-refractivity contribution < 1.29 is 4.21 Å². The highest BCUT2D eigenvalue weighted by atomic mass is 32.2. The van der Waals surface area contributed by atoms with Gasteiger partial charge >= 0.3 is 0 Å². The van der Waals surface area contributed by atoms with Gasteiger partial charge in [-0.1, -0.05) is 12.2 Å². The monoisotopic (exact) mass is 264 g/mol. The molecule has 0 saturated carbocycles. The van der Waals surface area contributed by atoms with Crippen LogP contribution in [0.1, 0.15) is 32.1 Å². The van der Waals surface area contributed by atoms with E-state index in [0.29, 0.717) is 0 Å². The van der Waals surface area contributed by atoms with Crippen LogP contribution in [-0.4, -0.2) is 46.2 Å². The summed E-state index contributed by atoms with van der Waals surface area (Å²) in [6.07, 6.45) is 7.76. The molecular formula is C11H24N2OS2. The molecule has 96 valence electrons. The lowest BCUT2D eigenvalue weighted by Gasteiger charge is -2.23. The van der Waals surface area contributed by atoms with E-state index >= 15 is 0 Å². The lowest BCUT2D eigenvalue weighted by atomic mass is 10.1. The number of hydrogen-bond donors (Lipinski definition) is 1. The molecule has 0 aliphatic carbocycles. The first kappa shape index (κ1) is 16.0. The van der Waals surface area contributed by atoms with Gasteiger partial charge in [-0.3, -0.25) is 4.21 Å². The van der Waals surface area contributed by atoms with Gasteiger partial charge in [-0.2, -0.15) is 0 Å². The fraction of sp³-hybridized carbons (Fsp3) is 0.909. The number of piperidine rings is 1. The molecule has 0 spiro atoms. The zero-order chi connectivity index (χ0) is 12.2. The topological polar surface area (TPSA) is 46.3 Å². The van der Waals surface area contributed by atoms with Gasteiger partial charge in [0.1, 0.15) is 0 Å². The van der Waals surface area contributed by atoms with Crippen LogP contribution in [0.15, 0.2) is 0 Å². The molecule has 0 amide bonds. The van der Waals surface area contributed by atoms with E-state index in [0.717, 1.165) is 25.1 Å². The van der Waals surface area contributed by atoms with Crippen molar-refractivity contribution in [3.05, 3.63) is 0 Å². The summed E-state index contributed by atoms with van der Waals surface area (Å²) in [5, 5.41) is 0. The molecule has 5 heteroatoms. The molecule has 1 fully saturated rings. The maximum atomic E-state index is 10.4. The molecule has 0 radical (unpaired) electrons. The Morgan fingerprint density at radius 3 is 2.31 bits per heavy atom. The van der Waals surface area contributed by atoms with Crippen LogP contribution >= 0.6 is 12.2 Å². The summed E-state index contributed by atoms with van der Waals surface area (Å²) in [5.41, 5.74) is 6.99. The van der Waals surface area contributed by atoms with E-state index < -0.39 is 10.8 Å². The number of nitrogens with zero attached hydrogens (tertiary/aromatic N) is 1. The average Bonchev–Trinajstić information content (AvgIpc) is 2.31. The number of hydrogen-bond acceptors (Lipinski definition) is 3. The Labute approximate surface area is 107 Å². The molecule has 0 aromatic rings. The minimum absolute atomic E-state index is 0.623. The predicted molar refractivity (Wildman–Crippen MR) is 76.3 cm³/mol. The van der Waals surface area contributed by atoms with Crippen molar-refractivity contribution >= 4 is 28.5 Å². The Morgan fingerprint density at radius 1 is 1.31 bits per heavy atom. The third-order valence-electron chi connectivity index (χ3n) is 2.43. The SMILES string of the molecule is CS(=O)CCCCN.S=CN1CCCCC1. The molecule has 0 aromatic heterocycles. The fourth-order valence-electron chi connectivity index (χ4n) is 1.47. The minimum Gasteiger partial charge on any atom is -0.369 e. The van der Waals surface area contributed by atoms with E-state index in [-0.39, 0.29) is 0 Å². The molecule has 1 rings (SSSR count). The van der Waals surface area contributed by atoms with E-state index in [2.05, 4.69) is 4.90 Å². The number of unbranched alkanes of at least 4 members (excludes halogenated alkanes) is 1. The molecule has 3 nitrogen and oxygen atoms in total. The highest BCUT2D eigenvalue weighted by molar-refractivity contribution is 7.84. The number of likely N-dealkylation sites (tertiary alicyclic amines) is 1. The standard InChI is InChI=1S/C6H11NS.C5H13NOS/c8-6-7-4-2-1-3-5-7;1-8(7)5-3-2-4-6/h6H,1-5H2;2-6H2,1H3. The summed E-state index contributed by atoms with van der Waals surface area (Å²) in [7, 11) is -0.623. The Hall–Kier alpha value is -0.0000000000000000555. The second-order valence-corrected chi connectivity index (χ2v) is 5.74. The van der Waals surface area contributed by atoms with E-state index in [1.807, 2.05) is 0 Å². The van der Waals surface area contributed by atoms with Gasteiger partial charge in [-0.25, -0.2) is 0 Å². The lowest BCUT2D eigenvalue weighted by Crippen LogP contribution is -2.27. The summed E-state index contributed by atoms with van der Waals surface area (Å²) in [6, 6.07) is 0. The largest absolute Gasteiger partial charge is 0.369 e. The van der Waals surface area contributed by atoms with Crippen LogP contribution in [0.3, 0.4) is 0 Å². The summed E-state index contributed by atoms with van der Waals surface area (Å²) >= 11 is 4.77. The zero-order valence-corrected chi connectivity index (χ0v) is 11.8. The molecule has 1 aliphatic heterocycles. The number of thiocarbonyl (C=S) groups is 1. The lowest BCUT2D eigenvalue weighted by molar-refractivity contribution is 0.355. The van der Waals surface area contributed by atoms with Gasteiger partial charge in [0, 0.05) is 35.9 Å². The highest BCUT2D eigenvalue weighted by Gasteiger charge is 2.03. The molecule has 1 unspecified atom stereocenters. The van der Waals surface area contributed by atoms with E-state index in [9.17, 15) is 4.21 Å². The molecule has 0 aromatic carbocycles. The van der Waals surface area contributed by atoms with Gasteiger partial charge in [-0.15, -0.1) is 0 Å². The number of nitrogens with two attached hydrogens (primary N) is 1. The van der Waals surface area contributed by atoms with Gasteiger partial charge < -0.3 is 10.6 Å². The van der Waals surface area contributed by atoms with Gasteiger partial charge in [0.2, 0.25) is 0 Å². The average molecular weight is 264 g/mol. The maximum Gasteiger partial charge on any atom is 0.0640 e. The van der Waals surface area contributed by atoms with Gasteiger partial charge in [-0.05, 0) is 38.6 Å². The minimum atomic E-state index is -0.623. The van der Waals surface area contributed by atoms with Crippen molar-refractivity contribution in [3.8, 4) is 0 Å². The van der Waals surface area contributed by atoms with Crippen LogP contribution in [0.25, 0.3) is 0 Å². The van der Waals surface area contributed by atoms with Crippen LogP contribution in [0.5, 0.6) is 0 Å². The summed E-state index contributed by atoms with van der Waals surface area (Å²) in [4.78, 5) is 2.21. The fourth-order valence-corrected chi connectivity index (χ4v) is 2.29. The van der Waals surface area contributed by atoms with Gasteiger partial charge in [0.15, 0.2) is 0 Å². The van der Waals surface area contributed by atoms with Crippen molar-refractivity contribution in [1.82, 2.24) is 4.90 Å². The molecule has 16 heavy (non-hydrogen) atoms. The van der Waals surface area contributed by atoms with E-state index in [4.69, 9.17) is 18.0 Å². The second-order valence-electron chi connectivity index (χ2n) is 3.98. The van der Waals surface area contributed by atoms with Crippen molar-refractivity contribution in [2.75, 3.05) is 31.6 Å². The number of rotatable bonds is 5. The third-order valence-corrected chi connectivity index (χ3v) is 3.59. The quantitative estimate of drug-likeness (QED) is 0.604. The smallest absolute Gasteiger partial charge is 0.0640 e. The molecule has 1 heterocycles. The second kappa shape index (κ2) is 11.5. The molecule has 1 saturated heterocycles. The Morgan fingerprint density at radius 2 is 1.94 bits per heavy atom. The van der Waals surface area contributed by atoms with Crippen molar-refractivity contribution in [3.63, 3.8) is 0 Å². The molecule has 1 aliphatic rings. The normalized spacial score (nSPS) is 17.2. The Balaban J connectivity index is 0.000000281. The summed E-state index contributed by atoms with van der Waals surface area (Å²) in [5.74, 6) is 0.803. The van der Waals surface area contributed by atoms with Crippen LogP contribution < -0.4 is 5.73 Å².